The van der Waals surface area contributed by atoms with Gasteiger partial charge in [-0.25, -0.2) is 9.37 Å². The van der Waals surface area contributed by atoms with Crippen molar-refractivity contribution in [3.8, 4) is 11.5 Å². The lowest BCUT2D eigenvalue weighted by molar-refractivity contribution is 0.560. The van der Waals surface area contributed by atoms with E-state index in [0.29, 0.717) is 23.7 Å². The lowest BCUT2D eigenvalue weighted by Gasteiger charge is -1.98. The normalized spacial score (nSPS) is 10.7. The third-order valence-electron chi connectivity index (χ3n) is 2.11. The number of aromatic nitrogens is 1. The number of benzene rings is 1. The van der Waals surface area contributed by atoms with E-state index < -0.39 is 5.82 Å². The van der Waals surface area contributed by atoms with Gasteiger partial charge in [0.05, 0.1) is 11.3 Å². The van der Waals surface area contributed by atoms with Crippen molar-refractivity contribution in [2.75, 3.05) is 6.54 Å². The average Bonchev–Trinajstić information content (AvgIpc) is 2.71. The van der Waals surface area contributed by atoms with Gasteiger partial charge in [-0.2, -0.15) is 0 Å². The largest absolute Gasteiger partial charge is 0.444 e. The molecule has 0 aliphatic heterocycles. The third kappa shape index (κ3) is 2.23. The molecule has 1 aromatic heterocycles. The van der Waals surface area contributed by atoms with E-state index in [-0.39, 0.29) is 11.5 Å². The molecule has 0 spiro atoms. The summed E-state index contributed by atoms with van der Waals surface area (Å²) in [6.07, 6.45) is 2.08. The maximum absolute atomic E-state index is 13.5. The van der Waals surface area contributed by atoms with Crippen LogP contribution in [0.15, 0.2) is 28.9 Å². The molecule has 2 N–H and O–H groups in total. The van der Waals surface area contributed by atoms with Crippen molar-refractivity contribution in [2.24, 2.45) is 5.73 Å². The fourth-order valence-electron chi connectivity index (χ4n) is 1.35. The zero-order chi connectivity index (χ0) is 11.5. The number of oxazole rings is 1. The minimum atomic E-state index is -0.412. The van der Waals surface area contributed by atoms with Crippen LogP contribution in [0.3, 0.4) is 0 Å². The number of hydrogen-bond acceptors (Lipinski definition) is 3. The Morgan fingerprint density at radius 2 is 2.25 bits per heavy atom. The summed E-state index contributed by atoms with van der Waals surface area (Å²) < 4.78 is 18.6. The van der Waals surface area contributed by atoms with Crippen LogP contribution in [-0.4, -0.2) is 11.5 Å². The molecule has 5 heteroatoms. The van der Waals surface area contributed by atoms with Crippen molar-refractivity contribution in [2.45, 2.75) is 6.42 Å². The molecular weight excluding hydrogens is 231 g/mol. The molecule has 2 rings (SSSR count). The van der Waals surface area contributed by atoms with Crippen LogP contribution in [0.5, 0.6) is 0 Å². The molecule has 1 aromatic carbocycles. The van der Waals surface area contributed by atoms with E-state index in [1.165, 1.54) is 24.5 Å². The SMILES string of the molecule is NCCc1coc(-c2cc(Cl)ccc2F)n1. The lowest BCUT2D eigenvalue weighted by atomic mass is 10.2. The smallest absolute Gasteiger partial charge is 0.229 e. The monoisotopic (exact) mass is 240 g/mol. The van der Waals surface area contributed by atoms with Gasteiger partial charge in [0.25, 0.3) is 0 Å². The predicted octanol–water partition coefficient (Wildman–Crippen LogP) is 2.64. The molecular formula is C11H10ClFN2O. The van der Waals surface area contributed by atoms with Gasteiger partial charge in [0.1, 0.15) is 12.1 Å². The highest BCUT2D eigenvalue weighted by molar-refractivity contribution is 6.30. The second-order valence-electron chi connectivity index (χ2n) is 3.31. The van der Waals surface area contributed by atoms with E-state index >= 15 is 0 Å². The number of nitrogens with zero attached hydrogens (tertiary/aromatic N) is 1. The van der Waals surface area contributed by atoms with Gasteiger partial charge in [0, 0.05) is 11.4 Å². The Kier molecular flexibility index (Phi) is 3.22. The molecule has 0 aliphatic rings. The Balaban J connectivity index is 2.38. The maximum Gasteiger partial charge on any atom is 0.229 e. The zero-order valence-electron chi connectivity index (χ0n) is 8.41. The highest BCUT2D eigenvalue weighted by atomic mass is 35.5. The fourth-order valence-corrected chi connectivity index (χ4v) is 1.53. The summed E-state index contributed by atoms with van der Waals surface area (Å²) in [5.41, 5.74) is 6.35. The van der Waals surface area contributed by atoms with Crippen molar-refractivity contribution in [1.29, 1.82) is 0 Å². The molecule has 0 bridgehead atoms. The predicted molar refractivity (Wildman–Crippen MR) is 59.7 cm³/mol. The minimum absolute atomic E-state index is 0.225. The molecule has 0 amide bonds. The second kappa shape index (κ2) is 4.63. The molecule has 3 nitrogen and oxygen atoms in total. The van der Waals surface area contributed by atoms with Gasteiger partial charge >= 0.3 is 0 Å². The summed E-state index contributed by atoms with van der Waals surface area (Å²) in [6, 6.07) is 4.24. The van der Waals surface area contributed by atoms with Gasteiger partial charge in [0.15, 0.2) is 0 Å². The first-order valence-electron chi connectivity index (χ1n) is 4.80. The molecule has 0 saturated heterocycles. The van der Waals surface area contributed by atoms with Crippen LogP contribution in [0, 0.1) is 5.82 Å². The van der Waals surface area contributed by atoms with Gasteiger partial charge in [-0.15, -0.1) is 0 Å². The van der Waals surface area contributed by atoms with E-state index in [2.05, 4.69) is 4.98 Å². The summed E-state index contributed by atoms with van der Waals surface area (Å²) >= 11 is 5.78. The summed E-state index contributed by atoms with van der Waals surface area (Å²) in [6.45, 7) is 0.476. The van der Waals surface area contributed by atoms with Crippen LogP contribution in [0.1, 0.15) is 5.69 Å². The Morgan fingerprint density at radius 1 is 1.44 bits per heavy atom. The highest BCUT2D eigenvalue weighted by Gasteiger charge is 2.11. The van der Waals surface area contributed by atoms with Crippen LogP contribution in [0.25, 0.3) is 11.5 Å². The Hall–Kier alpha value is -1.39. The van der Waals surface area contributed by atoms with Crippen molar-refractivity contribution in [3.63, 3.8) is 0 Å². The van der Waals surface area contributed by atoms with Gasteiger partial charge in [-0.05, 0) is 24.7 Å². The topological polar surface area (TPSA) is 52.0 Å². The minimum Gasteiger partial charge on any atom is -0.444 e. The van der Waals surface area contributed by atoms with Crippen molar-refractivity contribution in [3.05, 3.63) is 41.0 Å². The van der Waals surface area contributed by atoms with Gasteiger partial charge in [-0.1, -0.05) is 11.6 Å². The zero-order valence-corrected chi connectivity index (χ0v) is 9.17. The maximum atomic E-state index is 13.5. The van der Waals surface area contributed by atoms with Crippen molar-refractivity contribution >= 4 is 11.6 Å². The molecule has 84 valence electrons. The highest BCUT2D eigenvalue weighted by Crippen LogP contribution is 2.25. The first kappa shape index (κ1) is 11.1. The van der Waals surface area contributed by atoms with Crippen LogP contribution >= 0.6 is 11.6 Å². The average molecular weight is 241 g/mol. The van der Waals surface area contributed by atoms with Gasteiger partial charge in [0.2, 0.25) is 5.89 Å². The molecule has 0 unspecified atom stereocenters. The van der Waals surface area contributed by atoms with Gasteiger partial charge < -0.3 is 10.2 Å². The van der Waals surface area contributed by atoms with Crippen LogP contribution in [-0.2, 0) is 6.42 Å². The standard InChI is InChI=1S/C11H10ClFN2O/c12-7-1-2-10(13)9(5-7)11-15-8(3-4-14)6-16-11/h1-2,5-6H,3-4,14H2. The number of rotatable bonds is 3. The number of hydrogen-bond donors (Lipinski definition) is 1. The number of nitrogens with two attached hydrogens (primary N) is 1. The second-order valence-corrected chi connectivity index (χ2v) is 3.74. The van der Waals surface area contributed by atoms with Crippen molar-refractivity contribution < 1.29 is 8.81 Å². The van der Waals surface area contributed by atoms with E-state index in [1.807, 2.05) is 0 Å². The summed E-state index contributed by atoms with van der Waals surface area (Å²) in [7, 11) is 0. The Morgan fingerprint density at radius 3 is 3.00 bits per heavy atom. The molecule has 2 aromatic rings. The summed E-state index contributed by atoms with van der Waals surface area (Å²) in [4.78, 5) is 4.13. The summed E-state index contributed by atoms with van der Waals surface area (Å²) in [5.74, 6) is -0.186. The quantitative estimate of drug-likeness (QED) is 0.897. The molecule has 1 heterocycles. The first-order chi connectivity index (χ1) is 7.70. The van der Waals surface area contributed by atoms with E-state index in [9.17, 15) is 4.39 Å². The molecule has 0 radical (unpaired) electrons. The molecule has 0 aliphatic carbocycles. The molecule has 0 atom stereocenters. The first-order valence-corrected chi connectivity index (χ1v) is 5.18. The van der Waals surface area contributed by atoms with Crippen LogP contribution in [0.2, 0.25) is 5.02 Å². The molecule has 0 fully saturated rings. The van der Waals surface area contributed by atoms with Crippen LogP contribution in [0.4, 0.5) is 4.39 Å². The summed E-state index contributed by atoms with van der Waals surface area (Å²) in [5, 5.41) is 0.440. The Bertz CT molecular complexity index is 498. The van der Waals surface area contributed by atoms with Crippen molar-refractivity contribution in [1.82, 2.24) is 4.98 Å². The third-order valence-corrected chi connectivity index (χ3v) is 2.35. The van der Waals surface area contributed by atoms with Gasteiger partial charge in [-0.3, -0.25) is 0 Å². The molecule has 0 saturated carbocycles. The number of halogens is 2. The Labute approximate surface area is 97.0 Å². The van der Waals surface area contributed by atoms with E-state index in [0.717, 1.165) is 0 Å². The van der Waals surface area contributed by atoms with Crippen LogP contribution < -0.4 is 5.73 Å². The lowest BCUT2D eigenvalue weighted by Crippen LogP contribution is -2.02. The fraction of sp³-hybridized carbons (Fsp3) is 0.182. The van der Waals surface area contributed by atoms with E-state index in [1.54, 1.807) is 0 Å². The molecule has 16 heavy (non-hydrogen) atoms. The van der Waals surface area contributed by atoms with E-state index in [4.69, 9.17) is 21.8 Å².